The normalized spacial score (nSPS) is 10.3. The van der Waals surface area contributed by atoms with E-state index in [4.69, 9.17) is 16.7 Å². The first kappa shape index (κ1) is 10.5. The Balaban J connectivity index is 2.54. The van der Waals surface area contributed by atoms with E-state index in [0.29, 0.717) is 0 Å². The molecule has 0 aliphatic carbocycles. The summed E-state index contributed by atoms with van der Waals surface area (Å²) in [4.78, 5) is 10.6. The lowest BCUT2D eigenvalue weighted by molar-refractivity contribution is 0.0652. The number of rotatable bonds is 2. The van der Waals surface area contributed by atoms with Crippen LogP contribution in [0.4, 0.5) is 0 Å². The van der Waals surface area contributed by atoms with E-state index in [-0.39, 0.29) is 27.8 Å². The minimum absolute atomic E-state index is 0.0854. The van der Waals surface area contributed by atoms with Crippen molar-refractivity contribution in [1.82, 2.24) is 5.16 Å². The molecule has 6 heteroatoms. The van der Waals surface area contributed by atoms with Crippen molar-refractivity contribution in [2.45, 2.75) is 0 Å². The van der Waals surface area contributed by atoms with Crippen LogP contribution in [0.15, 0.2) is 28.8 Å². The van der Waals surface area contributed by atoms with Gasteiger partial charge in [-0.3, -0.25) is 0 Å². The molecule has 0 saturated carbocycles. The van der Waals surface area contributed by atoms with Crippen LogP contribution in [0.2, 0.25) is 5.02 Å². The van der Waals surface area contributed by atoms with Crippen molar-refractivity contribution >= 4 is 17.6 Å². The SMILES string of the molecule is O=C(O)c1cc(-c2c(O)cccc2Cl)no1. The topological polar surface area (TPSA) is 83.6 Å². The standard InChI is InChI=1S/C10H6ClNO4/c11-5-2-1-3-7(13)9(5)6-4-8(10(14)15)16-12-6/h1-4,13H,(H,14,15). The molecule has 82 valence electrons. The van der Waals surface area contributed by atoms with E-state index in [9.17, 15) is 9.90 Å². The fraction of sp³-hybridized carbons (Fsp3) is 0. The van der Waals surface area contributed by atoms with E-state index in [1.165, 1.54) is 12.1 Å². The Morgan fingerprint density at radius 3 is 2.75 bits per heavy atom. The minimum atomic E-state index is -1.23. The van der Waals surface area contributed by atoms with Gasteiger partial charge in [-0.05, 0) is 12.1 Å². The molecule has 1 aromatic heterocycles. The first-order chi connectivity index (χ1) is 7.59. The number of aromatic nitrogens is 1. The number of hydrogen-bond acceptors (Lipinski definition) is 4. The van der Waals surface area contributed by atoms with Gasteiger partial charge in [0.1, 0.15) is 11.4 Å². The van der Waals surface area contributed by atoms with E-state index >= 15 is 0 Å². The van der Waals surface area contributed by atoms with Gasteiger partial charge < -0.3 is 14.7 Å². The fourth-order valence-corrected chi connectivity index (χ4v) is 1.53. The molecule has 2 aromatic rings. The summed E-state index contributed by atoms with van der Waals surface area (Å²) in [5, 5.41) is 22.0. The number of carbonyl (C=O) groups is 1. The number of phenols is 1. The summed E-state index contributed by atoms with van der Waals surface area (Å²) in [5.41, 5.74) is 0.431. The molecule has 0 radical (unpaired) electrons. The lowest BCUT2D eigenvalue weighted by atomic mass is 10.1. The first-order valence-electron chi connectivity index (χ1n) is 4.27. The smallest absolute Gasteiger partial charge is 0.374 e. The number of nitrogens with zero attached hydrogens (tertiary/aromatic N) is 1. The van der Waals surface area contributed by atoms with Gasteiger partial charge >= 0.3 is 5.97 Å². The number of phenolic OH excluding ortho intramolecular Hbond substituents is 1. The van der Waals surface area contributed by atoms with Gasteiger partial charge in [0, 0.05) is 6.07 Å². The van der Waals surface area contributed by atoms with Gasteiger partial charge in [0.05, 0.1) is 10.6 Å². The van der Waals surface area contributed by atoms with E-state index in [1.807, 2.05) is 0 Å². The Hall–Kier alpha value is -2.01. The molecule has 0 spiro atoms. The molecule has 5 nitrogen and oxygen atoms in total. The zero-order valence-electron chi connectivity index (χ0n) is 7.85. The Morgan fingerprint density at radius 1 is 1.44 bits per heavy atom. The largest absolute Gasteiger partial charge is 0.507 e. The first-order valence-corrected chi connectivity index (χ1v) is 4.65. The van der Waals surface area contributed by atoms with Crippen molar-refractivity contribution in [3.63, 3.8) is 0 Å². The highest BCUT2D eigenvalue weighted by Crippen LogP contribution is 2.34. The number of carboxylic acids is 1. The van der Waals surface area contributed by atoms with E-state index in [0.717, 1.165) is 0 Å². The van der Waals surface area contributed by atoms with Crippen LogP contribution in [0.25, 0.3) is 11.3 Å². The predicted octanol–water partition coefficient (Wildman–Crippen LogP) is 2.40. The maximum atomic E-state index is 10.6. The zero-order chi connectivity index (χ0) is 11.7. The highest BCUT2D eigenvalue weighted by atomic mass is 35.5. The average Bonchev–Trinajstić information content (AvgIpc) is 2.66. The van der Waals surface area contributed by atoms with Gasteiger partial charge in [-0.1, -0.05) is 22.8 Å². The third-order valence-electron chi connectivity index (χ3n) is 1.97. The summed E-state index contributed by atoms with van der Waals surface area (Å²) >= 11 is 5.86. The number of hydrogen-bond donors (Lipinski definition) is 2. The molecular formula is C10H6ClNO4. The van der Waals surface area contributed by atoms with Crippen molar-refractivity contribution in [3.8, 4) is 17.0 Å². The van der Waals surface area contributed by atoms with Crippen molar-refractivity contribution in [3.05, 3.63) is 35.0 Å². The number of aromatic hydroxyl groups is 1. The summed E-state index contributed by atoms with van der Waals surface area (Å²) < 4.78 is 4.57. The Morgan fingerprint density at radius 2 is 2.19 bits per heavy atom. The van der Waals surface area contributed by atoms with E-state index < -0.39 is 5.97 Å². The van der Waals surface area contributed by atoms with Gasteiger partial charge in [-0.15, -0.1) is 0 Å². The Bertz CT molecular complexity index is 529. The van der Waals surface area contributed by atoms with Crippen LogP contribution in [0.3, 0.4) is 0 Å². The average molecular weight is 240 g/mol. The molecular weight excluding hydrogens is 234 g/mol. The van der Waals surface area contributed by atoms with Crippen LogP contribution in [0.1, 0.15) is 10.6 Å². The molecule has 2 rings (SSSR count). The third kappa shape index (κ3) is 1.72. The monoisotopic (exact) mass is 239 g/mol. The van der Waals surface area contributed by atoms with Gasteiger partial charge in [0.25, 0.3) is 0 Å². The summed E-state index contributed by atoms with van der Waals surface area (Å²) in [6.07, 6.45) is 0. The summed E-state index contributed by atoms with van der Waals surface area (Å²) in [7, 11) is 0. The van der Waals surface area contributed by atoms with Crippen molar-refractivity contribution in [2.24, 2.45) is 0 Å². The van der Waals surface area contributed by atoms with Crippen LogP contribution in [-0.4, -0.2) is 21.3 Å². The molecule has 16 heavy (non-hydrogen) atoms. The summed E-state index contributed by atoms with van der Waals surface area (Å²) in [6, 6.07) is 5.75. The molecule has 0 atom stereocenters. The quantitative estimate of drug-likeness (QED) is 0.841. The van der Waals surface area contributed by atoms with E-state index in [2.05, 4.69) is 9.68 Å². The summed E-state index contributed by atoms with van der Waals surface area (Å²) in [5.74, 6) is -1.63. The fourth-order valence-electron chi connectivity index (χ4n) is 1.26. The maximum absolute atomic E-state index is 10.6. The molecule has 1 heterocycles. The second kappa shape index (κ2) is 3.86. The molecule has 0 amide bonds. The van der Waals surface area contributed by atoms with Gasteiger partial charge in [0.2, 0.25) is 5.76 Å². The highest BCUT2D eigenvalue weighted by molar-refractivity contribution is 6.33. The number of aromatic carboxylic acids is 1. The molecule has 0 unspecified atom stereocenters. The van der Waals surface area contributed by atoms with Crippen LogP contribution < -0.4 is 0 Å². The van der Waals surface area contributed by atoms with Crippen LogP contribution in [0, 0.1) is 0 Å². The van der Waals surface area contributed by atoms with Crippen LogP contribution in [-0.2, 0) is 0 Å². The number of halogens is 1. The van der Waals surface area contributed by atoms with Gasteiger partial charge in [-0.25, -0.2) is 4.79 Å². The lowest BCUT2D eigenvalue weighted by Crippen LogP contribution is -1.91. The molecule has 0 saturated heterocycles. The highest BCUT2D eigenvalue weighted by Gasteiger charge is 2.16. The molecule has 0 aliphatic rings. The second-order valence-electron chi connectivity index (χ2n) is 3.02. The summed E-state index contributed by atoms with van der Waals surface area (Å²) in [6.45, 7) is 0. The zero-order valence-corrected chi connectivity index (χ0v) is 8.60. The predicted molar refractivity (Wildman–Crippen MR) is 55.6 cm³/mol. The maximum Gasteiger partial charge on any atom is 0.374 e. The molecule has 0 aliphatic heterocycles. The lowest BCUT2D eigenvalue weighted by Gasteiger charge is -2.01. The minimum Gasteiger partial charge on any atom is -0.507 e. The van der Waals surface area contributed by atoms with Gasteiger partial charge in [0.15, 0.2) is 0 Å². The number of carboxylic acid groups (broad SMARTS) is 1. The molecule has 0 fully saturated rings. The van der Waals surface area contributed by atoms with Crippen molar-refractivity contribution in [1.29, 1.82) is 0 Å². The molecule has 2 N–H and O–H groups in total. The third-order valence-corrected chi connectivity index (χ3v) is 2.28. The van der Waals surface area contributed by atoms with E-state index in [1.54, 1.807) is 12.1 Å². The van der Waals surface area contributed by atoms with Crippen LogP contribution >= 0.6 is 11.6 Å². The van der Waals surface area contributed by atoms with Crippen molar-refractivity contribution < 1.29 is 19.5 Å². The van der Waals surface area contributed by atoms with Gasteiger partial charge in [-0.2, -0.15) is 0 Å². The molecule has 0 bridgehead atoms. The second-order valence-corrected chi connectivity index (χ2v) is 3.42. The Labute approximate surface area is 94.9 Å². The number of benzene rings is 1. The van der Waals surface area contributed by atoms with Crippen LogP contribution in [0.5, 0.6) is 5.75 Å². The molecule has 1 aromatic carbocycles. The Kier molecular flexibility index (Phi) is 2.54. The van der Waals surface area contributed by atoms with Crippen molar-refractivity contribution in [2.75, 3.05) is 0 Å².